The van der Waals surface area contributed by atoms with Crippen molar-refractivity contribution in [1.82, 2.24) is 60.8 Å². The Bertz CT molecular complexity index is 2780. The molecular weight excluding hydrogens is 1240 g/mol. The van der Waals surface area contributed by atoms with Gasteiger partial charge in [-0.3, -0.25) is 0 Å². The fraction of sp³-hybridized carbons (Fsp3) is 0.656. The quantitative estimate of drug-likeness (QED) is 0.0227. The van der Waals surface area contributed by atoms with Crippen LogP contribution in [0.15, 0.2) is 21.5 Å². The number of carboxylic acids is 2. The number of amides is 8. The highest BCUT2D eigenvalue weighted by Gasteiger charge is 2.31. The molecule has 0 aliphatic heterocycles. The number of rotatable bonds is 28. The summed E-state index contributed by atoms with van der Waals surface area (Å²) in [7, 11) is 9.11. The van der Waals surface area contributed by atoms with Crippen LogP contribution in [0.1, 0.15) is 190 Å². The molecule has 25 nitrogen and oxygen atoms in total. The van der Waals surface area contributed by atoms with Crippen LogP contribution in [0.5, 0.6) is 0 Å². The van der Waals surface area contributed by atoms with Crippen LogP contribution in [-0.2, 0) is 59.6 Å². The molecule has 4 rings (SSSR count). The van der Waals surface area contributed by atoms with E-state index in [1.807, 2.05) is 63.1 Å². The smallest absolute Gasteiger partial charge is 0.329 e. The molecule has 4 unspecified atom stereocenters. The minimum absolute atomic E-state index is 0.00613. The molecule has 0 radical (unpaired) electrons. The van der Waals surface area contributed by atoms with Gasteiger partial charge in [-0.2, -0.15) is 0 Å². The lowest BCUT2D eigenvalue weighted by atomic mass is 9.99. The molecule has 4 heterocycles. The number of ether oxygens (including phenoxy) is 2. The number of hydrogen-bond acceptors (Lipinski definition) is 19. The van der Waals surface area contributed by atoms with Gasteiger partial charge in [0.05, 0.1) is 83.2 Å². The Hall–Kier alpha value is -6.85. The van der Waals surface area contributed by atoms with Gasteiger partial charge in [0.1, 0.15) is 30.5 Å². The first-order chi connectivity index (χ1) is 42.1. The minimum Gasteiger partial charge on any atom is -0.480 e. The monoisotopic (exact) mass is 1340 g/mol. The topological polar surface area (TPSA) is 325 Å². The third-order valence-corrected chi connectivity index (χ3v) is 19.0. The first-order valence-corrected chi connectivity index (χ1v) is 33.5. The number of thiazole rings is 4. The predicted octanol–water partition coefficient (Wildman–Crippen LogP) is 10.6. The molecule has 0 spiro atoms. The second kappa shape index (κ2) is 40.8. The molecule has 8 atom stereocenters. The lowest BCUT2D eigenvalue weighted by Gasteiger charge is -2.25. The van der Waals surface area contributed by atoms with Gasteiger partial charge in [0.25, 0.3) is 0 Å². The number of aromatic nitrogens is 4. The highest BCUT2D eigenvalue weighted by molar-refractivity contribution is 7.10. The Morgan fingerprint density at radius 3 is 0.856 bits per heavy atom. The average molecular weight is 1340 g/mol. The summed E-state index contributed by atoms with van der Waals surface area (Å²) in [6.07, 6.45) is 2.75. The Balaban J connectivity index is 0.000000600. The molecule has 0 aliphatic carbocycles. The number of aldehydes is 1. The van der Waals surface area contributed by atoms with Crippen LogP contribution in [0.4, 0.5) is 19.2 Å². The van der Waals surface area contributed by atoms with E-state index in [2.05, 4.69) is 101 Å². The zero-order chi connectivity index (χ0) is 68.9. The highest BCUT2D eigenvalue weighted by Crippen LogP contribution is 2.24. The van der Waals surface area contributed by atoms with Gasteiger partial charge in [-0.05, 0) is 17.8 Å². The molecule has 4 aromatic heterocycles. The number of urea groups is 4. The summed E-state index contributed by atoms with van der Waals surface area (Å²) < 4.78 is 9.40. The van der Waals surface area contributed by atoms with Crippen molar-refractivity contribution in [3.8, 4) is 0 Å². The van der Waals surface area contributed by atoms with Gasteiger partial charge < -0.3 is 65.3 Å². The van der Waals surface area contributed by atoms with Gasteiger partial charge in [-0.1, -0.05) is 123 Å². The van der Waals surface area contributed by atoms with Gasteiger partial charge in [-0.15, -0.1) is 45.3 Å². The molecule has 0 fully saturated rings. The summed E-state index contributed by atoms with van der Waals surface area (Å²) in [4.78, 5) is 130. The fourth-order valence-corrected chi connectivity index (χ4v) is 11.0. The maximum atomic E-state index is 12.3. The van der Waals surface area contributed by atoms with E-state index in [9.17, 15) is 53.4 Å². The van der Waals surface area contributed by atoms with Crippen LogP contribution in [0.3, 0.4) is 0 Å². The largest absolute Gasteiger partial charge is 0.480 e. The van der Waals surface area contributed by atoms with E-state index in [0.717, 1.165) is 49.2 Å². The number of nitrogens with one attached hydrogen (secondary N) is 4. The van der Waals surface area contributed by atoms with Crippen LogP contribution >= 0.6 is 45.3 Å². The fourth-order valence-electron chi connectivity index (χ4n) is 7.65. The molecule has 4 aromatic rings. The van der Waals surface area contributed by atoms with Crippen molar-refractivity contribution < 1.29 is 62.8 Å². The van der Waals surface area contributed by atoms with Crippen molar-refractivity contribution in [3.63, 3.8) is 0 Å². The Morgan fingerprint density at radius 1 is 0.433 bits per heavy atom. The number of carboxylic acid groups (broad SMARTS) is 2. The third kappa shape index (κ3) is 27.7. The molecule has 0 saturated heterocycles. The highest BCUT2D eigenvalue weighted by atomic mass is 32.1. The molecular formula is C61H100N12O13S4. The summed E-state index contributed by atoms with van der Waals surface area (Å²) in [5, 5.41) is 40.7. The molecule has 0 saturated carbocycles. The number of carbonyl (C=O) groups is 9. The van der Waals surface area contributed by atoms with E-state index in [4.69, 9.17) is 4.74 Å². The van der Waals surface area contributed by atoms with Crippen molar-refractivity contribution in [3.05, 3.63) is 64.3 Å². The molecule has 0 bridgehead atoms. The summed E-state index contributed by atoms with van der Waals surface area (Å²) in [5.41, 5.74) is 3.28. The molecule has 6 N–H and O–H groups in total. The number of methoxy groups -OCH3 is 2. The first-order valence-electron chi connectivity index (χ1n) is 30.0. The van der Waals surface area contributed by atoms with Crippen molar-refractivity contribution in [2.75, 3.05) is 42.4 Å². The van der Waals surface area contributed by atoms with E-state index >= 15 is 0 Å². The van der Waals surface area contributed by atoms with Gasteiger partial charge in [0.2, 0.25) is 0 Å². The molecule has 29 heteroatoms. The van der Waals surface area contributed by atoms with Crippen LogP contribution in [0.2, 0.25) is 0 Å². The van der Waals surface area contributed by atoms with E-state index in [0.29, 0.717) is 69.0 Å². The van der Waals surface area contributed by atoms with Gasteiger partial charge in [0, 0.05) is 79.3 Å². The second-order valence-electron chi connectivity index (χ2n) is 23.3. The number of esters is 2. The number of aliphatic carboxylic acids is 2. The third-order valence-electron chi connectivity index (χ3n) is 14.2. The van der Waals surface area contributed by atoms with Crippen LogP contribution < -0.4 is 21.3 Å². The van der Waals surface area contributed by atoms with Gasteiger partial charge >= 0.3 is 48.0 Å². The number of hydrogen-bond donors (Lipinski definition) is 6. The lowest BCUT2D eigenvalue weighted by molar-refractivity contribution is -0.145. The summed E-state index contributed by atoms with van der Waals surface area (Å²) in [6, 6.07) is -4.95. The maximum absolute atomic E-state index is 12.3. The van der Waals surface area contributed by atoms with E-state index < -0.39 is 72.1 Å². The summed E-state index contributed by atoms with van der Waals surface area (Å²) >= 11 is 6.30. The van der Waals surface area contributed by atoms with E-state index in [1.54, 1.807) is 80.5 Å². The van der Waals surface area contributed by atoms with Crippen LogP contribution in [-0.4, -0.2) is 171 Å². The van der Waals surface area contributed by atoms with Crippen molar-refractivity contribution in [2.45, 2.75) is 197 Å². The lowest BCUT2D eigenvalue weighted by Crippen LogP contribution is -2.50. The zero-order valence-corrected chi connectivity index (χ0v) is 59.6. The molecule has 90 heavy (non-hydrogen) atoms. The van der Waals surface area contributed by atoms with Crippen molar-refractivity contribution in [1.29, 1.82) is 0 Å². The Morgan fingerprint density at radius 2 is 0.656 bits per heavy atom. The normalized spacial score (nSPS) is 13.6. The summed E-state index contributed by atoms with van der Waals surface area (Å²) in [6.45, 7) is 30.9. The van der Waals surface area contributed by atoms with Crippen molar-refractivity contribution >= 4 is 99.6 Å². The predicted molar refractivity (Wildman–Crippen MR) is 353 cm³/mol. The average Bonchev–Trinajstić information content (AvgIpc) is 2.71. The standard InChI is InChI=1S/C16H27N3O3S.C15H23N3O4S.2C15H25N3O3S/c1-7-11(4)13(15(20)22-6)18-16(21)19(5)8-12-9-23-14(17-12)10(2)3;1-9(2)13-16-11(8-23-13)6-18(4)15(21)17-12(10(3)7-19)14(20)22-5;2*1-6-10(4)12(14(19)20)17-15(21)18(5)7-11-8-22-13(16-11)9(2)3/h9-11,13H,7-8H2,1-6H3,(H,18,21);7-10,12H,6H2,1-5H3,(H,17,21);2*8-10,12H,6-7H2,1-5H3,(H,17,21)(H,19,20)/t11?,13-;3*10?,12-/m0000/s1. The van der Waals surface area contributed by atoms with E-state index in [-0.39, 0.29) is 23.8 Å². The van der Waals surface area contributed by atoms with Gasteiger partial charge in [0.15, 0.2) is 0 Å². The number of nitrogens with zero attached hydrogens (tertiary/aromatic N) is 8. The van der Waals surface area contributed by atoms with Crippen LogP contribution in [0, 0.1) is 23.7 Å². The second-order valence-corrected chi connectivity index (χ2v) is 26.9. The number of carbonyl (C=O) groups excluding carboxylic acids is 7. The zero-order valence-electron chi connectivity index (χ0n) is 56.4. The maximum Gasteiger partial charge on any atom is 0.329 e. The van der Waals surface area contributed by atoms with Gasteiger partial charge in [-0.25, -0.2) is 58.3 Å². The SMILES string of the molecule is CCC(C)[C@H](NC(=O)N(C)Cc1csc(C(C)C)n1)C(=O)O.CCC(C)[C@H](NC(=O)N(C)Cc1csc(C(C)C)n1)C(=O)O.CCC(C)[C@H](NC(=O)N(C)Cc1csc(C(C)C)n1)C(=O)OC.COC(=O)[C@@H](NC(=O)N(C)Cc1csc(C(C)C)n1)C(C)C=O. The minimum atomic E-state index is -1.01. The summed E-state index contributed by atoms with van der Waals surface area (Å²) in [5.74, 6) is -2.56. The Kier molecular flexibility index (Phi) is 36.8. The van der Waals surface area contributed by atoms with E-state index in [1.165, 1.54) is 33.8 Å². The molecule has 0 aromatic carbocycles. The molecule has 0 aliphatic rings. The molecule has 506 valence electrons. The molecule has 8 amide bonds. The van der Waals surface area contributed by atoms with Crippen molar-refractivity contribution in [2.24, 2.45) is 23.7 Å². The van der Waals surface area contributed by atoms with Crippen LogP contribution in [0.25, 0.3) is 0 Å². The Labute approximate surface area is 547 Å². The first kappa shape index (κ1) is 81.2.